The first-order chi connectivity index (χ1) is 12.3. The van der Waals surface area contributed by atoms with Gasteiger partial charge in [-0.1, -0.05) is 11.6 Å². The summed E-state index contributed by atoms with van der Waals surface area (Å²) in [5, 5.41) is 0. The molecule has 3 unspecified atom stereocenters. The minimum absolute atomic E-state index is 0.152. The van der Waals surface area contributed by atoms with E-state index in [-0.39, 0.29) is 11.5 Å². The van der Waals surface area contributed by atoms with Crippen molar-refractivity contribution in [2.75, 3.05) is 19.7 Å². The van der Waals surface area contributed by atoms with Crippen LogP contribution in [-0.2, 0) is 9.53 Å². The van der Waals surface area contributed by atoms with Crippen LogP contribution in [0.15, 0.2) is 22.9 Å². The van der Waals surface area contributed by atoms with Gasteiger partial charge in [0.25, 0.3) is 0 Å². The third kappa shape index (κ3) is 1.42. The number of fused-ring (bicyclic) bond motifs is 1. The maximum absolute atomic E-state index is 13.2. The summed E-state index contributed by atoms with van der Waals surface area (Å²) in [5.41, 5.74) is 5.06. The van der Waals surface area contributed by atoms with Crippen LogP contribution in [0.25, 0.3) is 0 Å². The first-order valence-corrected chi connectivity index (χ1v) is 10.4. The van der Waals surface area contributed by atoms with Gasteiger partial charge in [-0.15, -0.1) is 0 Å². The van der Waals surface area contributed by atoms with E-state index in [0.29, 0.717) is 42.9 Å². The summed E-state index contributed by atoms with van der Waals surface area (Å²) in [6, 6.07) is 1.08. The Labute approximate surface area is 148 Å². The molecule has 2 aliphatic carbocycles. The summed E-state index contributed by atoms with van der Waals surface area (Å²) in [6.07, 6.45) is 10.7. The van der Waals surface area contributed by atoms with Gasteiger partial charge in [0, 0.05) is 29.6 Å². The molecule has 1 spiro atoms. The lowest BCUT2D eigenvalue weighted by Gasteiger charge is -2.59. The van der Waals surface area contributed by atoms with Crippen molar-refractivity contribution in [1.29, 1.82) is 0 Å². The van der Waals surface area contributed by atoms with Gasteiger partial charge in [-0.2, -0.15) is 0 Å². The Kier molecular flexibility index (Phi) is 2.46. The highest BCUT2D eigenvalue weighted by molar-refractivity contribution is 5.82. The molecule has 1 saturated carbocycles. The molecule has 0 aromatic rings. The number of rotatable bonds is 0. The standard InChI is InChI=1S/C21H26N2O2/c24-18-10-16-19-13-9-17-21(6-7-22(17)11-12(13)5-8-25-16)14-3-1-2-4-15(14)23(18)20(19)21/h5,13,16-17,19-20H,1-4,6-11H2/t13-,16?,17?,19-,20?,21+/m0/s1. The number of ether oxygens (including phenoxy) is 1. The summed E-state index contributed by atoms with van der Waals surface area (Å²) in [5.74, 6) is 1.55. The Morgan fingerprint density at radius 3 is 3.12 bits per heavy atom. The number of nitrogens with zero attached hydrogens (tertiary/aromatic N) is 2. The van der Waals surface area contributed by atoms with Gasteiger partial charge < -0.3 is 9.64 Å². The fourth-order valence-corrected chi connectivity index (χ4v) is 8.18. The minimum Gasteiger partial charge on any atom is -0.373 e. The summed E-state index contributed by atoms with van der Waals surface area (Å²) in [7, 11) is 0. The van der Waals surface area contributed by atoms with Crippen LogP contribution in [0.1, 0.15) is 44.9 Å². The SMILES string of the molecule is O=C1CC2OCC=C3CN4CC[C@]56C7=C(CCCC7)N1C5[C@H]2[C@H]3CC46. The first-order valence-electron chi connectivity index (χ1n) is 10.4. The van der Waals surface area contributed by atoms with Gasteiger partial charge in [0.1, 0.15) is 0 Å². The summed E-state index contributed by atoms with van der Waals surface area (Å²) >= 11 is 0. The highest BCUT2D eigenvalue weighted by Gasteiger charge is 2.71. The van der Waals surface area contributed by atoms with E-state index in [1.54, 1.807) is 11.1 Å². The van der Waals surface area contributed by atoms with E-state index in [9.17, 15) is 4.79 Å². The zero-order valence-electron chi connectivity index (χ0n) is 14.7. The molecule has 2 bridgehead atoms. The molecule has 4 fully saturated rings. The molecule has 0 N–H and O–H groups in total. The number of carbonyl (C=O) groups excluding carboxylic acids is 1. The number of amides is 1. The number of hydrogen-bond donors (Lipinski definition) is 0. The lowest BCUT2D eigenvalue weighted by atomic mass is 9.52. The minimum atomic E-state index is 0.152. The normalized spacial score (nSPS) is 49.9. The van der Waals surface area contributed by atoms with Crippen LogP contribution in [0, 0.1) is 17.3 Å². The van der Waals surface area contributed by atoms with Crippen molar-refractivity contribution >= 4 is 5.91 Å². The second kappa shape index (κ2) is 4.40. The van der Waals surface area contributed by atoms with Gasteiger partial charge in [-0.25, -0.2) is 0 Å². The molecule has 1 amide bonds. The molecule has 5 aliphatic heterocycles. The Morgan fingerprint density at radius 1 is 1.24 bits per heavy atom. The van der Waals surface area contributed by atoms with E-state index in [4.69, 9.17) is 4.74 Å². The molecule has 132 valence electrons. The molecule has 0 radical (unpaired) electrons. The summed E-state index contributed by atoms with van der Waals surface area (Å²) in [6.45, 7) is 3.10. The molecule has 25 heavy (non-hydrogen) atoms. The van der Waals surface area contributed by atoms with Gasteiger partial charge in [-0.3, -0.25) is 9.69 Å². The molecule has 0 aromatic carbocycles. The van der Waals surface area contributed by atoms with Crippen LogP contribution in [0.4, 0.5) is 0 Å². The molecule has 4 heteroatoms. The molecule has 4 nitrogen and oxygen atoms in total. The Hall–Kier alpha value is -1.13. The van der Waals surface area contributed by atoms with Gasteiger partial charge in [0.2, 0.25) is 5.91 Å². The van der Waals surface area contributed by atoms with E-state index in [1.165, 1.54) is 44.3 Å². The highest BCUT2D eigenvalue weighted by Crippen LogP contribution is 2.68. The van der Waals surface area contributed by atoms with Crippen molar-refractivity contribution in [2.24, 2.45) is 17.3 Å². The molecule has 7 aliphatic rings. The van der Waals surface area contributed by atoms with Crippen LogP contribution in [0.3, 0.4) is 0 Å². The molecular formula is C21H26N2O2. The zero-order valence-corrected chi connectivity index (χ0v) is 14.7. The van der Waals surface area contributed by atoms with Gasteiger partial charge >= 0.3 is 0 Å². The van der Waals surface area contributed by atoms with Crippen LogP contribution in [-0.4, -0.2) is 53.6 Å². The maximum Gasteiger partial charge on any atom is 0.229 e. The quantitative estimate of drug-likeness (QED) is 0.636. The monoisotopic (exact) mass is 338 g/mol. The first kappa shape index (κ1) is 14.0. The molecule has 3 saturated heterocycles. The Balaban J connectivity index is 1.51. The summed E-state index contributed by atoms with van der Waals surface area (Å²) in [4.78, 5) is 18.3. The number of carbonyl (C=O) groups is 1. The maximum atomic E-state index is 13.2. The number of allylic oxidation sites excluding steroid dienone is 1. The topological polar surface area (TPSA) is 32.8 Å². The van der Waals surface area contributed by atoms with Gasteiger partial charge in [-0.05, 0) is 56.6 Å². The number of piperidine rings is 2. The molecule has 7 rings (SSSR count). The highest BCUT2D eigenvalue weighted by atomic mass is 16.5. The van der Waals surface area contributed by atoms with Crippen LogP contribution < -0.4 is 0 Å². The lowest BCUT2D eigenvalue weighted by Crippen LogP contribution is -2.67. The average molecular weight is 338 g/mol. The number of hydrogen-bond acceptors (Lipinski definition) is 3. The third-order valence-electron chi connectivity index (χ3n) is 8.84. The van der Waals surface area contributed by atoms with Crippen LogP contribution in [0.5, 0.6) is 0 Å². The van der Waals surface area contributed by atoms with Gasteiger partial charge in [0.05, 0.1) is 25.2 Å². The van der Waals surface area contributed by atoms with Crippen molar-refractivity contribution in [2.45, 2.75) is 63.1 Å². The fraction of sp³-hybridized carbons (Fsp3) is 0.762. The largest absolute Gasteiger partial charge is 0.373 e. The molecule has 5 heterocycles. The van der Waals surface area contributed by atoms with Gasteiger partial charge in [0.15, 0.2) is 0 Å². The predicted octanol–water partition coefficient (Wildman–Crippen LogP) is 2.46. The van der Waals surface area contributed by atoms with Crippen molar-refractivity contribution < 1.29 is 9.53 Å². The smallest absolute Gasteiger partial charge is 0.229 e. The second-order valence-electron chi connectivity index (χ2n) is 9.39. The van der Waals surface area contributed by atoms with E-state index in [2.05, 4.69) is 15.9 Å². The predicted molar refractivity (Wildman–Crippen MR) is 92.6 cm³/mol. The molecule has 6 atom stereocenters. The van der Waals surface area contributed by atoms with Crippen LogP contribution in [0.2, 0.25) is 0 Å². The Morgan fingerprint density at radius 2 is 2.16 bits per heavy atom. The average Bonchev–Trinajstić information content (AvgIpc) is 3.10. The third-order valence-corrected chi connectivity index (χ3v) is 8.84. The fourth-order valence-electron chi connectivity index (χ4n) is 8.18. The van der Waals surface area contributed by atoms with Crippen molar-refractivity contribution in [3.05, 3.63) is 22.9 Å². The zero-order chi connectivity index (χ0) is 16.3. The van der Waals surface area contributed by atoms with E-state index in [0.717, 1.165) is 13.0 Å². The van der Waals surface area contributed by atoms with E-state index in [1.807, 2.05) is 0 Å². The molecule has 0 aromatic heterocycles. The second-order valence-corrected chi connectivity index (χ2v) is 9.39. The summed E-state index contributed by atoms with van der Waals surface area (Å²) < 4.78 is 6.29. The van der Waals surface area contributed by atoms with E-state index < -0.39 is 0 Å². The van der Waals surface area contributed by atoms with Crippen molar-refractivity contribution in [3.63, 3.8) is 0 Å². The van der Waals surface area contributed by atoms with Crippen molar-refractivity contribution in [1.82, 2.24) is 9.80 Å². The van der Waals surface area contributed by atoms with E-state index >= 15 is 0 Å². The Bertz CT molecular complexity index is 755. The van der Waals surface area contributed by atoms with Crippen LogP contribution >= 0.6 is 0 Å². The lowest BCUT2D eigenvalue weighted by molar-refractivity contribution is -0.159. The molecular weight excluding hydrogens is 312 g/mol. The van der Waals surface area contributed by atoms with Crippen molar-refractivity contribution in [3.8, 4) is 0 Å².